The van der Waals surface area contributed by atoms with E-state index in [1.807, 2.05) is 0 Å². The number of hydrogen-bond acceptors (Lipinski definition) is 4. The topological polar surface area (TPSA) is 73.2 Å². The summed E-state index contributed by atoms with van der Waals surface area (Å²) < 4.78 is 6.69. The molecule has 0 bridgehead atoms. The molecule has 2 heterocycles. The lowest BCUT2D eigenvalue weighted by Crippen LogP contribution is -2.29. The molecule has 0 aliphatic carbocycles. The van der Waals surface area contributed by atoms with Gasteiger partial charge >= 0.3 is 0 Å². The highest BCUT2D eigenvalue weighted by molar-refractivity contribution is 6.35. The molecule has 22 heavy (non-hydrogen) atoms. The number of nitrogens with one attached hydrogen (secondary N) is 1. The van der Waals surface area contributed by atoms with E-state index in [4.69, 9.17) is 27.9 Å². The molecule has 0 saturated carbocycles. The Morgan fingerprint density at radius 1 is 1.41 bits per heavy atom. The lowest BCUT2D eigenvalue weighted by molar-refractivity contribution is 0.0946. The van der Waals surface area contributed by atoms with E-state index in [-0.39, 0.29) is 30.5 Å². The maximum absolute atomic E-state index is 11.9. The van der Waals surface area contributed by atoms with Crippen LogP contribution in [0.2, 0.25) is 10.0 Å². The molecule has 116 valence electrons. The number of amides is 1. The van der Waals surface area contributed by atoms with Crippen molar-refractivity contribution in [2.24, 2.45) is 7.05 Å². The van der Waals surface area contributed by atoms with Gasteiger partial charge in [0, 0.05) is 25.5 Å². The molecule has 2 aromatic rings. The van der Waals surface area contributed by atoms with Gasteiger partial charge in [0.05, 0.1) is 17.1 Å². The van der Waals surface area contributed by atoms with Crippen LogP contribution in [0.3, 0.4) is 0 Å². The zero-order chi connectivity index (χ0) is 16.1. The smallest absolute Gasteiger partial charge is 0.252 e. The number of nitrogens with zero attached hydrogens (tertiary/aromatic N) is 2. The third kappa shape index (κ3) is 4.22. The maximum Gasteiger partial charge on any atom is 0.252 e. The van der Waals surface area contributed by atoms with Crippen molar-refractivity contribution in [1.29, 1.82) is 0 Å². The van der Waals surface area contributed by atoms with Crippen molar-refractivity contribution in [3.05, 3.63) is 56.6 Å². The van der Waals surface area contributed by atoms with Crippen LogP contribution in [0.4, 0.5) is 0 Å². The number of rotatable bonds is 5. The molecular formula is C14H13Cl2N3O3. The van der Waals surface area contributed by atoms with Gasteiger partial charge < -0.3 is 14.6 Å². The number of aryl methyl sites for hydroxylation is 1. The number of aromatic nitrogens is 2. The van der Waals surface area contributed by atoms with E-state index in [1.54, 1.807) is 7.05 Å². The number of hydrogen-bond donors (Lipinski definition) is 1. The minimum Gasteiger partial charge on any atom is -0.475 e. The Morgan fingerprint density at radius 2 is 2.18 bits per heavy atom. The molecular weight excluding hydrogens is 329 g/mol. The van der Waals surface area contributed by atoms with Crippen LogP contribution in [-0.2, 0) is 7.05 Å². The number of pyridine rings is 2. The van der Waals surface area contributed by atoms with Gasteiger partial charge in [-0.1, -0.05) is 23.2 Å². The zero-order valence-corrected chi connectivity index (χ0v) is 13.2. The third-order valence-corrected chi connectivity index (χ3v) is 3.23. The Bertz CT molecular complexity index is 746. The Balaban J connectivity index is 1.84. The molecule has 6 nitrogen and oxygen atoms in total. The van der Waals surface area contributed by atoms with Gasteiger partial charge in [0.25, 0.3) is 5.91 Å². The predicted octanol–water partition coefficient (Wildman–Crippen LogP) is 1.90. The molecule has 0 spiro atoms. The van der Waals surface area contributed by atoms with Gasteiger partial charge in [-0.25, -0.2) is 4.98 Å². The highest BCUT2D eigenvalue weighted by Gasteiger charge is 2.07. The quantitative estimate of drug-likeness (QED) is 0.843. The second-order valence-corrected chi connectivity index (χ2v) is 5.26. The van der Waals surface area contributed by atoms with Gasteiger partial charge in [-0.3, -0.25) is 9.59 Å². The molecule has 2 rings (SSSR count). The first-order valence-electron chi connectivity index (χ1n) is 6.36. The molecule has 0 radical (unpaired) electrons. The molecule has 2 aromatic heterocycles. The highest BCUT2D eigenvalue weighted by Crippen LogP contribution is 2.24. The molecule has 0 unspecified atom stereocenters. The van der Waals surface area contributed by atoms with Gasteiger partial charge in [0.15, 0.2) is 0 Å². The Kier molecular flexibility index (Phi) is 5.41. The fraction of sp³-hybridized carbons (Fsp3) is 0.214. The van der Waals surface area contributed by atoms with Crippen molar-refractivity contribution in [2.45, 2.75) is 0 Å². The first-order chi connectivity index (χ1) is 10.5. The molecule has 0 saturated heterocycles. The zero-order valence-electron chi connectivity index (χ0n) is 11.7. The summed E-state index contributed by atoms with van der Waals surface area (Å²) in [6.07, 6.45) is 2.89. The normalized spacial score (nSPS) is 10.3. The van der Waals surface area contributed by atoms with E-state index in [2.05, 4.69) is 10.3 Å². The average molecular weight is 342 g/mol. The molecule has 1 amide bonds. The second kappa shape index (κ2) is 7.29. The van der Waals surface area contributed by atoms with Crippen molar-refractivity contribution in [3.63, 3.8) is 0 Å². The van der Waals surface area contributed by atoms with Crippen LogP contribution in [-0.4, -0.2) is 28.6 Å². The van der Waals surface area contributed by atoms with Gasteiger partial charge in [0.1, 0.15) is 11.6 Å². The van der Waals surface area contributed by atoms with Crippen molar-refractivity contribution in [3.8, 4) is 5.88 Å². The lowest BCUT2D eigenvalue weighted by atomic mass is 10.2. The summed E-state index contributed by atoms with van der Waals surface area (Å²) in [5.74, 6) is -0.0446. The predicted molar refractivity (Wildman–Crippen MR) is 83.8 cm³/mol. The molecule has 0 aromatic carbocycles. The Morgan fingerprint density at radius 3 is 2.86 bits per heavy atom. The number of halogens is 2. The molecule has 0 atom stereocenters. The molecule has 0 fully saturated rings. The SMILES string of the molecule is Cn1cc(C(=O)NCCOc2ncc(Cl)cc2Cl)ccc1=O. The summed E-state index contributed by atoms with van der Waals surface area (Å²) >= 11 is 11.6. The van der Waals surface area contributed by atoms with Gasteiger partial charge in [0.2, 0.25) is 11.4 Å². The minimum atomic E-state index is -0.297. The average Bonchev–Trinajstić information content (AvgIpc) is 2.48. The van der Waals surface area contributed by atoms with Gasteiger partial charge in [-0.2, -0.15) is 0 Å². The van der Waals surface area contributed by atoms with E-state index >= 15 is 0 Å². The minimum absolute atomic E-state index is 0.177. The van der Waals surface area contributed by atoms with E-state index in [1.165, 1.54) is 35.2 Å². The summed E-state index contributed by atoms with van der Waals surface area (Å²) in [5.41, 5.74) is 0.216. The molecule has 0 aliphatic heterocycles. The van der Waals surface area contributed by atoms with Gasteiger partial charge in [-0.05, 0) is 12.1 Å². The summed E-state index contributed by atoms with van der Waals surface area (Å²) in [5, 5.41) is 3.39. The molecule has 1 N–H and O–H groups in total. The second-order valence-electron chi connectivity index (χ2n) is 4.41. The van der Waals surface area contributed by atoms with Crippen LogP contribution in [0.5, 0.6) is 5.88 Å². The van der Waals surface area contributed by atoms with Gasteiger partial charge in [-0.15, -0.1) is 0 Å². The molecule has 8 heteroatoms. The number of ether oxygens (including phenoxy) is 1. The van der Waals surface area contributed by atoms with Crippen molar-refractivity contribution in [2.75, 3.05) is 13.2 Å². The van der Waals surface area contributed by atoms with E-state index in [0.29, 0.717) is 15.6 Å². The summed E-state index contributed by atoms with van der Waals surface area (Å²) in [7, 11) is 1.58. The number of carbonyl (C=O) groups excluding carboxylic acids is 1. The maximum atomic E-state index is 11.9. The highest BCUT2D eigenvalue weighted by atomic mass is 35.5. The molecule has 0 aliphatic rings. The van der Waals surface area contributed by atoms with Crippen molar-refractivity contribution < 1.29 is 9.53 Å². The van der Waals surface area contributed by atoms with Crippen LogP contribution in [0, 0.1) is 0 Å². The van der Waals surface area contributed by atoms with Crippen LogP contribution in [0.15, 0.2) is 35.4 Å². The largest absolute Gasteiger partial charge is 0.475 e. The van der Waals surface area contributed by atoms with Crippen molar-refractivity contribution in [1.82, 2.24) is 14.9 Å². The Labute approximate surface area is 136 Å². The number of carbonyl (C=O) groups is 1. The Hall–Kier alpha value is -2.05. The standard InChI is InChI=1S/C14H13Cl2N3O3/c1-19-8-9(2-3-12(19)20)13(21)17-4-5-22-14-11(16)6-10(15)7-18-14/h2-3,6-8H,4-5H2,1H3,(H,17,21). The monoisotopic (exact) mass is 341 g/mol. The lowest BCUT2D eigenvalue weighted by Gasteiger charge is -2.08. The van der Waals surface area contributed by atoms with Crippen LogP contribution < -0.4 is 15.6 Å². The van der Waals surface area contributed by atoms with Crippen LogP contribution in [0.1, 0.15) is 10.4 Å². The third-order valence-electron chi connectivity index (χ3n) is 2.75. The fourth-order valence-corrected chi connectivity index (χ4v) is 2.09. The van der Waals surface area contributed by atoms with Crippen LogP contribution in [0.25, 0.3) is 0 Å². The van der Waals surface area contributed by atoms with E-state index < -0.39 is 0 Å². The van der Waals surface area contributed by atoms with E-state index in [0.717, 1.165) is 0 Å². The van der Waals surface area contributed by atoms with E-state index in [9.17, 15) is 9.59 Å². The first kappa shape index (κ1) is 16.3. The summed E-state index contributed by atoms with van der Waals surface area (Å²) in [6, 6.07) is 4.33. The summed E-state index contributed by atoms with van der Waals surface area (Å²) in [4.78, 5) is 27.1. The van der Waals surface area contributed by atoms with Crippen LogP contribution >= 0.6 is 23.2 Å². The summed E-state index contributed by atoms with van der Waals surface area (Å²) in [6.45, 7) is 0.466. The van der Waals surface area contributed by atoms with Crippen molar-refractivity contribution >= 4 is 29.1 Å². The fourth-order valence-electron chi connectivity index (χ4n) is 1.65. The first-order valence-corrected chi connectivity index (χ1v) is 7.11.